The Hall–Kier alpha value is -3.13. The summed E-state index contributed by atoms with van der Waals surface area (Å²) in [6.45, 7) is 2.88. The zero-order valence-corrected chi connectivity index (χ0v) is 17.7. The number of nitrogens with one attached hydrogen (secondary N) is 1. The summed E-state index contributed by atoms with van der Waals surface area (Å²) in [5.41, 5.74) is 3.41. The maximum Gasteiger partial charge on any atom is 0.265 e. The Labute approximate surface area is 185 Å². The molecule has 3 aromatic rings. The van der Waals surface area contributed by atoms with Gasteiger partial charge in [0.1, 0.15) is 11.6 Å². The van der Waals surface area contributed by atoms with Crippen molar-refractivity contribution in [3.05, 3.63) is 42.5 Å². The van der Waals surface area contributed by atoms with E-state index in [1.165, 1.54) is 18.9 Å². The number of carbonyl (C=O) groups excluding carboxylic acids is 1. The molecule has 7 nitrogen and oxygen atoms in total. The molecule has 2 aliphatic heterocycles. The fraction of sp³-hybridized carbons (Fsp3) is 0.417. The quantitative estimate of drug-likeness (QED) is 0.604. The first kappa shape index (κ1) is 19.5. The zero-order valence-electron chi connectivity index (χ0n) is 17.7. The molecule has 3 heterocycles. The summed E-state index contributed by atoms with van der Waals surface area (Å²) in [5.74, 6) is 1.38. The Bertz CT molecular complexity index is 1190. The normalized spacial score (nSPS) is 18.4. The third kappa shape index (κ3) is 3.68. The topological polar surface area (TPSA) is 68.6 Å². The van der Waals surface area contributed by atoms with Gasteiger partial charge in [-0.25, -0.2) is 9.37 Å². The van der Waals surface area contributed by atoms with Gasteiger partial charge in [0.25, 0.3) is 5.91 Å². The van der Waals surface area contributed by atoms with Crippen molar-refractivity contribution in [1.82, 2.24) is 9.55 Å². The summed E-state index contributed by atoms with van der Waals surface area (Å²) < 4.78 is 27.8. The number of imidazole rings is 1. The molecule has 2 fully saturated rings. The van der Waals surface area contributed by atoms with Crippen molar-refractivity contribution in [2.24, 2.45) is 11.8 Å². The molecular formula is C24H25FN4O3. The molecule has 3 aliphatic rings. The van der Waals surface area contributed by atoms with Gasteiger partial charge in [0, 0.05) is 36.8 Å². The van der Waals surface area contributed by atoms with Crippen molar-refractivity contribution in [3.8, 4) is 5.75 Å². The van der Waals surface area contributed by atoms with Gasteiger partial charge in [0.05, 0.1) is 41.9 Å². The summed E-state index contributed by atoms with van der Waals surface area (Å²) in [5, 5.41) is 3.18. The number of amides is 1. The van der Waals surface area contributed by atoms with Crippen LogP contribution >= 0.6 is 0 Å². The number of benzene rings is 2. The molecule has 1 aliphatic carbocycles. The largest absolute Gasteiger partial charge is 0.481 e. The van der Waals surface area contributed by atoms with Crippen LogP contribution in [0.2, 0.25) is 0 Å². The lowest BCUT2D eigenvalue weighted by atomic mass is 10.1. The molecule has 166 valence electrons. The third-order valence-electron chi connectivity index (χ3n) is 6.51. The van der Waals surface area contributed by atoms with Crippen LogP contribution in [0.4, 0.5) is 21.5 Å². The maximum absolute atomic E-state index is 14.8. The van der Waals surface area contributed by atoms with Crippen molar-refractivity contribution >= 4 is 34.0 Å². The van der Waals surface area contributed by atoms with Gasteiger partial charge in [-0.05, 0) is 30.5 Å². The number of ether oxygens (including phenoxy) is 2. The molecule has 0 atom stereocenters. The number of aryl methyl sites for hydroxylation is 1. The second-order valence-corrected chi connectivity index (χ2v) is 8.99. The van der Waals surface area contributed by atoms with Gasteiger partial charge in [0.2, 0.25) is 0 Å². The number of carbonyl (C=O) groups is 1. The number of anilines is 3. The maximum atomic E-state index is 14.8. The minimum Gasteiger partial charge on any atom is -0.481 e. The number of nitrogens with zero attached hydrogens (tertiary/aromatic N) is 3. The monoisotopic (exact) mass is 436 g/mol. The highest BCUT2D eigenvalue weighted by Crippen LogP contribution is 2.37. The fourth-order valence-electron chi connectivity index (χ4n) is 4.37. The van der Waals surface area contributed by atoms with E-state index < -0.39 is 0 Å². The number of aromatic nitrogens is 2. The SMILES string of the molecule is O=C1COc2cc(Nc3cc4c(cc3F)ncn4CCC3CC3)ccc2N1CC1COC1. The van der Waals surface area contributed by atoms with Crippen LogP contribution in [0.15, 0.2) is 36.7 Å². The first-order chi connectivity index (χ1) is 15.6. The van der Waals surface area contributed by atoms with E-state index in [1.807, 2.05) is 24.3 Å². The Morgan fingerprint density at radius 2 is 2.03 bits per heavy atom. The lowest BCUT2D eigenvalue weighted by Crippen LogP contribution is -2.46. The van der Waals surface area contributed by atoms with Crippen LogP contribution in [0.3, 0.4) is 0 Å². The van der Waals surface area contributed by atoms with E-state index >= 15 is 0 Å². The van der Waals surface area contributed by atoms with E-state index in [2.05, 4.69) is 14.9 Å². The molecule has 0 bridgehead atoms. The second kappa shape index (κ2) is 7.78. The van der Waals surface area contributed by atoms with Crippen molar-refractivity contribution in [2.75, 3.05) is 36.6 Å². The summed E-state index contributed by atoms with van der Waals surface area (Å²) in [6.07, 6.45) is 5.55. The van der Waals surface area contributed by atoms with Crippen LogP contribution in [-0.4, -0.2) is 41.8 Å². The Morgan fingerprint density at radius 3 is 2.81 bits per heavy atom. The lowest BCUT2D eigenvalue weighted by Gasteiger charge is -2.35. The minimum atomic E-state index is -0.356. The number of rotatable bonds is 7. The van der Waals surface area contributed by atoms with Crippen LogP contribution in [-0.2, 0) is 16.1 Å². The third-order valence-corrected chi connectivity index (χ3v) is 6.51. The molecule has 0 unspecified atom stereocenters. The van der Waals surface area contributed by atoms with Gasteiger partial charge in [-0.2, -0.15) is 0 Å². The molecular weight excluding hydrogens is 411 g/mol. The Morgan fingerprint density at radius 1 is 1.16 bits per heavy atom. The fourth-order valence-corrected chi connectivity index (χ4v) is 4.37. The summed E-state index contributed by atoms with van der Waals surface area (Å²) in [4.78, 5) is 18.5. The van der Waals surface area contributed by atoms with E-state index in [0.29, 0.717) is 48.3 Å². The summed E-state index contributed by atoms with van der Waals surface area (Å²) in [7, 11) is 0. The molecule has 1 amide bonds. The molecule has 8 heteroatoms. The van der Waals surface area contributed by atoms with Gasteiger partial charge in [-0.3, -0.25) is 4.79 Å². The average molecular weight is 436 g/mol. The van der Waals surface area contributed by atoms with E-state index in [4.69, 9.17) is 9.47 Å². The molecule has 1 saturated carbocycles. The smallest absolute Gasteiger partial charge is 0.265 e. The Kier molecular flexibility index (Phi) is 4.75. The van der Waals surface area contributed by atoms with Crippen molar-refractivity contribution in [1.29, 1.82) is 0 Å². The zero-order chi connectivity index (χ0) is 21.7. The molecule has 1 aromatic heterocycles. The molecule has 32 heavy (non-hydrogen) atoms. The molecule has 1 N–H and O–H groups in total. The van der Waals surface area contributed by atoms with Gasteiger partial charge in [0.15, 0.2) is 6.61 Å². The predicted molar refractivity (Wildman–Crippen MR) is 119 cm³/mol. The van der Waals surface area contributed by atoms with Gasteiger partial charge >= 0.3 is 0 Å². The first-order valence-electron chi connectivity index (χ1n) is 11.2. The van der Waals surface area contributed by atoms with Crippen molar-refractivity contribution < 1.29 is 18.7 Å². The molecule has 2 aromatic carbocycles. The second-order valence-electron chi connectivity index (χ2n) is 8.99. The number of hydrogen-bond acceptors (Lipinski definition) is 5. The molecule has 1 saturated heterocycles. The van der Waals surface area contributed by atoms with Crippen LogP contribution in [0, 0.1) is 17.7 Å². The van der Waals surface area contributed by atoms with Gasteiger partial charge < -0.3 is 24.3 Å². The van der Waals surface area contributed by atoms with Crippen LogP contribution in [0.25, 0.3) is 11.0 Å². The average Bonchev–Trinajstić information content (AvgIpc) is 3.51. The van der Waals surface area contributed by atoms with E-state index in [0.717, 1.165) is 30.1 Å². The predicted octanol–water partition coefficient (Wildman–Crippen LogP) is 4.09. The lowest BCUT2D eigenvalue weighted by molar-refractivity contribution is -0.122. The molecule has 6 rings (SSSR count). The van der Waals surface area contributed by atoms with Gasteiger partial charge in [-0.15, -0.1) is 0 Å². The van der Waals surface area contributed by atoms with E-state index in [9.17, 15) is 9.18 Å². The Balaban J connectivity index is 1.25. The van der Waals surface area contributed by atoms with Crippen LogP contribution in [0.5, 0.6) is 5.75 Å². The molecule has 0 spiro atoms. The standard InChI is InChI=1S/C24H25FN4O3/c25-18-8-20-22(28(14-26-20)6-5-15-1-2-15)9-19(18)27-17-3-4-21-23(7-17)32-13-24(30)29(21)10-16-11-31-12-16/h3-4,7-9,14-16,27H,1-2,5-6,10-13H2. The highest BCUT2D eigenvalue weighted by Gasteiger charge is 2.30. The first-order valence-corrected chi connectivity index (χ1v) is 11.2. The number of hydrogen-bond donors (Lipinski definition) is 1. The minimum absolute atomic E-state index is 0.00449. The van der Waals surface area contributed by atoms with Crippen LogP contribution < -0.4 is 15.0 Å². The highest BCUT2D eigenvalue weighted by atomic mass is 19.1. The van der Waals surface area contributed by atoms with Crippen molar-refractivity contribution in [3.63, 3.8) is 0 Å². The van der Waals surface area contributed by atoms with E-state index in [1.54, 1.807) is 11.2 Å². The van der Waals surface area contributed by atoms with Gasteiger partial charge in [-0.1, -0.05) is 12.8 Å². The number of halogens is 1. The van der Waals surface area contributed by atoms with Crippen molar-refractivity contribution in [2.45, 2.75) is 25.8 Å². The molecule has 0 radical (unpaired) electrons. The van der Waals surface area contributed by atoms with E-state index in [-0.39, 0.29) is 18.3 Å². The number of fused-ring (bicyclic) bond motifs is 2. The summed E-state index contributed by atoms with van der Waals surface area (Å²) in [6, 6.07) is 8.81. The van der Waals surface area contributed by atoms with Crippen LogP contribution in [0.1, 0.15) is 19.3 Å². The summed E-state index contributed by atoms with van der Waals surface area (Å²) >= 11 is 0. The highest BCUT2D eigenvalue weighted by molar-refractivity contribution is 5.98.